The van der Waals surface area contributed by atoms with Gasteiger partial charge in [0.25, 0.3) is 5.91 Å². The Kier molecular flexibility index (Phi) is 6.28. The van der Waals surface area contributed by atoms with Crippen LogP contribution in [0, 0.1) is 0 Å². The molecule has 3 amide bonds. The highest BCUT2D eigenvalue weighted by Gasteiger charge is 2.09. The number of nitrogens with two attached hydrogens (primary N) is 1. The predicted molar refractivity (Wildman–Crippen MR) is 77.7 cm³/mol. The van der Waals surface area contributed by atoms with Gasteiger partial charge in [-0.2, -0.15) is 0 Å². The molecule has 0 saturated carbocycles. The summed E-state index contributed by atoms with van der Waals surface area (Å²) in [5.74, 6) is 0.462. The highest BCUT2D eigenvalue weighted by Crippen LogP contribution is 2.11. The summed E-state index contributed by atoms with van der Waals surface area (Å²) < 4.78 is 0. The number of anilines is 1. The third-order valence-corrected chi connectivity index (χ3v) is 2.61. The zero-order valence-electron chi connectivity index (χ0n) is 11.8. The van der Waals surface area contributed by atoms with E-state index in [9.17, 15) is 9.59 Å². The van der Waals surface area contributed by atoms with Crippen LogP contribution in [0.15, 0.2) is 12.1 Å². The molecule has 5 N–H and O–H groups in total. The second-order valence-electron chi connectivity index (χ2n) is 4.28. The molecule has 0 fully saturated rings. The van der Waals surface area contributed by atoms with E-state index < -0.39 is 6.03 Å². The molecule has 0 bridgehead atoms. The van der Waals surface area contributed by atoms with Crippen molar-refractivity contribution in [1.29, 1.82) is 0 Å². The molecular formula is C13H21N5O2. The molecule has 7 heteroatoms. The van der Waals surface area contributed by atoms with Crippen molar-refractivity contribution >= 4 is 17.8 Å². The Balaban J connectivity index is 2.66. The number of pyridine rings is 1. The number of aryl methyl sites for hydroxylation is 1. The normalized spacial score (nSPS) is 9.90. The van der Waals surface area contributed by atoms with Crippen molar-refractivity contribution in [3.63, 3.8) is 0 Å². The monoisotopic (exact) mass is 279 g/mol. The highest BCUT2D eigenvalue weighted by molar-refractivity contribution is 5.95. The van der Waals surface area contributed by atoms with E-state index in [4.69, 9.17) is 5.73 Å². The average molecular weight is 279 g/mol. The molecule has 0 saturated heterocycles. The van der Waals surface area contributed by atoms with Crippen molar-refractivity contribution in [3.05, 3.63) is 23.4 Å². The molecule has 1 rings (SSSR count). The molecule has 0 radical (unpaired) electrons. The van der Waals surface area contributed by atoms with E-state index in [0.717, 1.165) is 18.5 Å². The summed E-state index contributed by atoms with van der Waals surface area (Å²) in [4.78, 5) is 26.9. The van der Waals surface area contributed by atoms with E-state index in [-0.39, 0.29) is 5.91 Å². The molecule has 7 nitrogen and oxygen atoms in total. The van der Waals surface area contributed by atoms with Crippen LogP contribution in [-0.4, -0.2) is 37.1 Å². The first kappa shape index (κ1) is 15.7. The van der Waals surface area contributed by atoms with Crippen molar-refractivity contribution in [2.75, 3.05) is 25.5 Å². The molecule has 20 heavy (non-hydrogen) atoms. The molecule has 0 spiro atoms. The Hall–Kier alpha value is -2.31. The van der Waals surface area contributed by atoms with Crippen molar-refractivity contribution in [3.8, 4) is 0 Å². The number of hydrogen-bond acceptors (Lipinski definition) is 4. The first-order valence-corrected chi connectivity index (χ1v) is 6.57. The minimum atomic E-state index is -0.606. The van der Waals surface area contributed by atoms with Crippen molar-refractivity contribution in [1.82, 2.24) is 15.6 Å². The van der Waals surface area contributed by atoms with Crippen LogP contribution in [0.25, 0.3) is 0 Å². The fourth-order valence-corrected chi connectivity index (χ4v) is 1.69. The standard InChI is InChI=1S/C13H21N5O2/c1-3-4-10-7-9(8-11(15-2)18-10)12(19)16-5-6-17-13(14)20/h7-8H,3-6H2,1-2H3,(H,15,18)(H,16,19)(H3,14,17,20). The lowest BCUT2D eigenvalue weighted by atomic mass is 10.1. The maximum atomic E-state index is 12.0. The van der Waals surface area contributed by atoms with Gasteiger partial charge in [-0.3, -0.25) is 4.79 Å². The number of amides is 3. The van der Waals surface area contributed by atoms with Gasteiger partial charge in [-0.15, -0.1) is 0 Å². The average Bonchev–Trinajstić information content (AvgIpc) is 2.43. The quantitative estimate of drug-likeness (QED) is 0.544. The van der Waals surface area contributed by atoms with Crippen LogP contribution < -0.4 is 21.7 Å². The zero-order chi connectivity index (χ0) is 15.0. The fraction of sp³-hybridized carbons (Fsp3) is 0.462. The number of primary amides is 1. The summed E-state index contributed by atoms with van der Waals surface area (Å²) >= 11 is 0. The van der Waals surface area contributed by atoms with E-state index in [1.54, 1.807) is 19.2 Å². The maximum absolute atomic E-state index is 12.0. The number of urea groups is 1. The van der Waals surface area contributed by atoms with Crippen molar-refractivity contribution in [2.45, 2.75) is 19.8 Å². The smallest absolute Gasteiger partial charge is 0.312 e. The van der Waals surface area contributed by atoms with Crippen LogP contribution in [-0.2, 0) is 6.42 Å². The van der Waals surface area contributed by atoms with Gasteiger partial charge < -0.3 is 21.7 Å². The van der Waals surface area contributed by atoms with Gasteiger partial charge in [-0.1, -0.05) is 13.3 Å². The van der Waals surface area contributed by atoms with Crippen LogP contribution >= 0.6 is 0 Å². The van der Waals surface area contributed by atoms with Crippen LogP contribution in [0.1, 0.15) is 29.4 Å². The lowest BCUT2D eigenvalue weighted by molar-refractivity contribution is 0.0953. The Morgan fingerprint density at radius 1 is 1.25 bits per heavy atom. The third kappa shape index (κ3) is 5.13. The third-order valence-electron chi connectivity index (χ3n) is 2.61. The largest absolute Gasteiger partial charge is 0.373 e. The molecule has 0 aliphatic heterocycles. The Morgan fingerprint density at radius 2 is 1.95 bits per heavy atom. The molecule has 1 aromatic heterocycles. The van der Waals surface area contributed by atoms with E-state index in [0.29, 0.717) is 24.5 Å². The van der Waals surface area contributed by atoms with E-state index >= 15 is 0 Å². The van der Waals surface area contributed by atoms with E-state index in [1.165, 1.54) is 0 Å². The molecular weight excluding hydrogens is 258 g/mol. The van der Waals surface area contributed by atoms with Gasteiger partial charge in [0.2, 0.25) is 0 Å². The molecule has 0 atom stereocenters. The van der Waals surface area contributed by atoms with Crippen LogP contribution in [0.2, 0.25) is 0 Å². The van der Waals surface area contributed by atoms with Gasteiger partial charge in [0.05, 0.1) is 0 Å². The molecule has 0 aliphatic carbocycles. The molecule has 0 aliphatic rings. The highest BCUT2D eigenvalue weighted by atomic mass is 16.2. The summed E-state index contributed by atoms with van der Waals surface area (Å²) in [5.41, 5.74) is 6.36. The lowest BCUT2D eigenvalue weighted by Crippen LogP contribution is -2.37. The topological polar surface area (TPSA) is 109 Å². The van der Waals surface area contributed by atoms with Crippen molar-refractivity contribution < 1.29 is 9.59 Å². The number of aromatic nitrogens is 1. The molecule has 1 aromatic rings. The van der Waals surface area contributed by atoms with Gasteiger partial charge in [-0.25, -0.2) is 9.78 Å². The first-order valence-electron chi connectivity index (χ1n) is 6.57. The van der Waals surface area contributed by atoms with Gasteiger partial charge in [-0.05, 0) is 18.6 Å². The Morgan fingerprint density at radius 3 is 2.55 bits per heavy atom. The summed E-state index contributed by atoms with van der Waals surface area (Å²) in [6, 6.07) is 2.86. The second kappa shape index (κ2) is 7.98. The molecule has 110 valence electrons. The van der Waals surface area contributed by atoms with E-state index in [2.05, 4.69) is 27.9 Å². The number of carbonyl (C=O) groups excluding carboxylic acids is 2. The molecule has 0 unspecified atom stereocenters. The van der Waals surface area contributed by atoms with Crippen LogP contribution in [0.5, 0.6) is 0 Å². The van der Waals surface area contributed by atoms with E-state index in [1.807, 2.05) is 0 Å². The minimum absolute atomic E-state index is 0.201. The Labute approximate surface area is 118 Å². The fourth-order valence-electron chi connectivity index (χ4n) is 1.69. The maximum Gasteiger partial charge on any atom is 0.312 e. The van der Waals surface area contributed by atoms with Gasteiger partial charge in [0.15, 0.2) is 0 Å². The number of rotatable bonds is 7. The minimum Gasteiger partial charge on any atom is -0.373 e. The Bertz CT molecular complexity index is 476. The summed E-state index contributed by atoms with van der Waals surface area (Å²) in [6.45, 7) is 2.68. The first-order chi connectivity index (χ1) is 9.56. The number of hydrogen-bond donors (Lipinski definition) is 4. The SMILES string of the molecule is CCCc1cc(C(=O)NCCNC(N)=O)cc(NC)n1. The second-order valence-corrected chi connectivity index (χ2v) is 4.28. The molecule has 1 heterocycles. The van der Waals surface area contributed by atoms with Crippen LogP contribution in [0.4, 0.5) is 10.6 Å². The summed E-state index contributed by atoms with van der Waals surface area (Å²) in [7, 11) is 1.76. The number of nitrogens with zero attached hydrogens (tertiary/aromatic N) is 1. The zero-order valence-corrected chi connectivity index (χ0v) is 11.8. The predicted octanol–water partition coefficient (Wildman–Crippen LogP) is 0.474. The summed E-state index contributed by atoms with van der Waals surface area (Å²) in [6.07, 6.45) is 1.78. The van der Waals surface area contributed by atoms with Gasteiger partial charge in [0, 0.05) is 31.4 Å². The molecule has 0 aromatic carbocycles. The number of nitrogens with one attached hydrogen (secondary N) is 3. The number of carbonyl (C=O) groups is 2. The van der Waals surface area contributed by atoms with Crippen molar-refractivity contribution in [2.24, 2.45) is 5.73 Å². The van der Waals surface area contributed by atoms with Crippen LogP contribution in [0.3, 0.4) is 0 Å². The lowest BCUT2D eigenvalue weighted by Gasteiger charge is -2.09. The van der Waals surface area contributed by atoms with Gasteiger partial charge >= 0.3 is 6.03 Å². The summed E-state index contributed by atoms with van der Waals surface area (Å²) in [5, 5.41) is 8.05. The van der Waals surface area contributed by atoms with Gasteiger partial charge in [0.1, 0.15) is 5.82 Å².